The molecule has 1 saturated heterocycles. The van der Waals surface area contributed by atoms with Gasteiger partial charge in [0.1, 0.15) is 0 Å². The summed E-state index contributed by atoms with van der Waals surface area (Å²) in [5.41, 5.74) is 0.971. The normalized spacial score (nSPS) is 14.9. The Hall–Kier alpha value is -2.21. The van der Waals surface area contributed by atoms with Crippen molar-refractivity contribution >= 4 is 6.03 Å². The zero-order valence-corrected chi connectivity index (χ0v) is 15.1. The van der Waals surface area contributed by atoms with Gasteiger partial charge in [-0.2, -0.15) is 0 Å². The maximum atomic E-state index is 12.3. The average Bonchev–Trinajstić information content (AvgIpc) is 2.66. The largest absolute Gasteiger partial charge is 0.493 e. The lowest BCUT2D eigenvalue weighted by molar-refractivity contribution is 0.0886. The third-order valence-electron chi connectivity index (χ3n) is 4.38. The highest BCUT2D eigenvalue weighted by Crippen LogP contribution is 2.27. The minimum atomic E-state index is -0.0276. The van der Waals surface area contributed by atoms with Gasteiger partial charge in [0.05, 0.1) is 20.8 Å². The van der Waals surface area contributed by atoms with Crippen LogP contribution in [0.3, 0.4) is 0 Å². The second kappa shape index (κ2) is 9.93. The molecular weight excluding hydrogens is 320 g/mol. The van der Waals surface area contributed by atoms with E-state index in [0.717, 1.165) is 38.1 Å². The van der Waals surface area contributed by atoms with Gasteiger partial charge in [-0.3, -0.25) is 0 Å². The highest BCUT2D eigenvalue weighted by atomic mass is 16.5. The van der Waals surface area contributed by atoms with Crippen molar-refractivity contribution in [1.82, 2.24) is 10.2 Å². The molecule has 0 aliphatic carbocycles. The number of rotatable bonds is 8. The van der Waals surface area contributed by atoms with E-state index < -0.39 is 0 Å². The lowest BCUT2D eigenvalue weighted by Crippen LogP contribution is -2.44. The number of likely N-dealkylation sites (tertiary alicyclic amines) is 1. The molecule has 25 heavy (non-hydrogen) atoms. The minimum Gasteiger partial charge on any atom is -0.493 e. The predicted octanol–water partition coefficient (Wildman–Crippen LogP) is 2.83. The molecule has 0 aromatic heterocycles. The molecule has 6 heteroatoms. The van der Waals surface area contributed by atoms with Crippen molar-refractivity contribution in [3.05, 3.63) is 36.4 Å². The fourth-order valence-electron chi connectivity index (χ4n) is 2.90. The van der Waals surface area contributed by atoms with E-state index in [4.69, 9.17) is 14.2 Å². The van der Waals surface area contributed by atoms with Gasteiger partial charge in [0.25, 0.3) is 0 Å². The summed E-state index contributed by atoms with van der Waals surface area (Å²) < 4.78 is 16.0. The van der Waals surface area contributed by atoms with E-state index in [9.17, 15) is 4.79 Å². The van der Waals surface area contributed by atoms with Crippen LogP contribution in [-0.2, 0) is 11.3 Å². The van der Waals surface area contributed by atoms with Crippen LogP contribution >= 0.6 is 0 Å². The fraction of sp³-hybridized carbons (Fsp3) is 0.526. The number of hydrogen-bond acceptors (Lipinski definition) is 4. The third-order valence-corrected chi connectivity index (χ3v) is 4.38. The molecule has 1 heterocycles. The molecule has 1 N–H and O–H groups in total. The molecule has 1 aromatic rings. The zero-order valence-electron chi connectivity index (χ0n) is 15.1. The number of piperidine rings is 1. The predicted molar refractivity (Wildman–Crippen MR) is 97.1 cm³/mol. The first-order valence-corrected chi connectivity index (χ1v) is 8.60. The highest BCUT2D eigenvalue weighted by molar-refractivity contribution is 5.74. The third kappa shape index (κ3) is 5.67. The van der Waals surface area contributed by atoms with Gasteiger partial charge >= 0.3 is 6.03 Å². The van der Waals surface area contributed by atoms with Crippen LogP contribution in [0, 0.1) is 5.92 Å². The van der Waals surface area contributed by atoms with Crippen LogP contribution in [-0.4, -0.2) is 51.5 Å². The van der Waals surface area contributed by atoms with Crippen molar-refractivity contribution < 1.29 is 19.0 Å². The van der Waals surface area contributed by atoms with Gasteiger partial charge in [-0.1, -0.05) is 12.1 Å². The molecule has 2 amide bonds. The van der Waals surface area contributed by atoms with Gasteiger partial charge in [-0.25, -0.2) is 4.79 Å². The molecule has 0 radical (unpaired) electrons. The number of methoxy groups -OCH3 is 2. The van der Waals surface area contributed by atoms with E-state index in [0.29, 0.717) is 30.6 Å². The second-order valence-electron chi connectivity index (χ2n) is 6.10. The molecule has 1 aliphatic heterocycles. The van der Waals surface area contributed by atoms with E-state index in [2.05, 4.69) is 11.9 Å². The van der Waals surface area contributed by atoms with Crippen LogP contribution in [0.15, 0.2) is 30.9 Å². The molecule has 1 aliphatic rings. The topological polar surface area (TPSA) is 60.0 Å². The van der Waals surface area contributed by atoms with Gasteiger partial charge < -0.3 is 24.4 Å². The van der Waals surface area contributed by atoms with Crippen LogP contribution in [0.5, 0.6) is 11.5 Å². The first-order chi connectivity index (χ1) is 12.2. The van der Waals surface area contributed by atoms with Crippen molar-refractivity contribution in [2.24, 2.45) is 5.92 Å². The summed E-state index contributed by atoms with van der Waals surface area (Å²) in [6.07, 6.45) is 3.71. The SMILES string of the molecule is C=CCOCC1CCN(C(=O)NCc2ccc(OC)c(OC)c2)CC1. The van der Waals surface area contributed by atoms with E-state index >= 15 is 0 Å². The van der Waals surface area contributed by atoms with Crippen molar-refractivity contribution in [1.29, 1.82) is 0 Å². The zero-order chi connectivity index (χ0) is 18.1. The van der Waals surface area contributed by atoms with Crippen LogP contribution in [0.4, 0.5) is 4.79 Å². The first kappa shape index (κ1) is 19.1. The van der Waals surface area contributed by atoms with Crippen LogP contribution < -0.4 is 14.8 Å². The molecule has 0 bridgehead atoms. The quantitative estimate of drug-likeness (QED) is 0.580. The molecule has 1 fully saturated rings. The molecule has 2 rings (SSSR count). The lowest BCUT2D eigenvalue weighted by Gasteiger charge is -2.31. The first-order valence-electron chi connectivity index (χ1n) is 8.60. The van der Waals surface area contributed by atoms with Crippen molar-refractivity contribution in [2.45, 2.75) is 19.4 Å². The number of ether oxygens (including phenoxy) is 3. The number of carbonyl (C=O) groups excluding carboxylic acids is 1. The Morgan fingerprint density at radius 2 is 2.00 bits per heavy atom. The summed E-state index contributed by atoms with van der Waals surface area (Å²) in [5.74, 6) is 1.86. The van der Waals surface area contributed by atoms with Gasteiger partial charge in [-0.15, -0.1) is 6.58 Å². The van der Waals surface area contributed by atoms with Crippen LogP contribution in [0.2, 0.25) is 0 Å². The molecule has 1 aromatic carbocycles. The Bertz CT molecular complexity index is 569. The molecule has 138 valence electrons. The molecular formula is C19H28N2O4. The number of carbonyl (C=O) groups is 1. The number of hydrogen-bond donors (Lipinski definition) is 1. The van der Waals surface area contributed by atoms with Gasteiger partial charge in [0.2, 0.25) is 0 Å². The summed E-state index contributed by atoms with van der Waals surface area (Å²) in [7, 11) is 3.20. The van der Waals surface area contributed by atoms with Crippen molar-refractivity contribution in [3.8, 4) is 11.5 Å². The Balaban J connectivity index is 1.76. The van der Waals surface area contributed by atoms with Crippen molar-refractivity contribution in [3.63, 3.8) is 0 Å². The lowest BCUT2D eigenvalue weighted by atomic mass is 9.98. The summed E-state index contributed by atoms with van der Waals surface area (Å²) in [6.45, 7) is 6.96. The van der Waals surface area contributed by atoms with E-state index in [1.54, 1.807) is 20.3 Å². The molecule has 0 saturated carbocycles. The number of benzene rings is 1. The number of nitrogens with one attached hydrogen (secondary N) is 1. The van der Waals surface area contributed by atoms with Gasteiger partial charge in [-0.05, 0) is 36.5 Å². The van der Waals surface area contributed by atoms with Crippen LogP contribution in [0.1, 0.15) is 18.4 Å². The van der Waals surface area contributed by atoms with E-state index in [1.807, 2.05) is 23.1 Å². The fourth-order valence-corrected chi connectivity index (χ4v) is 2.90. The molecule has 0 unspecified atom stereocenters. The number of nitrogens with zero attached hydrogens (tertiary/aromatic N) is 1. The maximum Gasteiger partial charge on any atom is 0.317 e. The Kier molecular flexibility index (Phi) is 7.60. The number of amides is 2. The van der Waals surface area contributed by atoms with Crippen molar-refractivity contribution in [2.75, 3.05) is 40.5 Å². The summed E-state index contributed by atoms with van der Waals surface area (Å²) in [4.78, 5) is 14.2. The Morgan fingerprint density at radius 1 is 1.28 bits per heavy atom. The Labute approximate surface area is 149 Å². The minimum absolute atomic E-state index is 0.0276. The molecule has 6 nitrogen and oxygen atoms in total. The van der Waals surface area contributed by atoms with Crippen LogP contribution in [0.25, 0.3) is 0 Å². The maximum absolute atomic E-state index is 12.3. The van der Waals surface area contributed by atoms with Gasteiger partial charge in [0.15, 0.2) is 11.5 Å². The highest BCUT2D eigenvalue weighted by Gasteiger charge is 2.22. The number of urea groups is 1. The molecule has 0 atom stereocenters. The Morgan fingerprint density at radius 3 is 2.64 bits per heavy atom. The molecule has 0 spiro atoms. The standard InChI is InChI=1S/C19H28N2O4/c1-4-11-25-14-15-7-9-21(10-8-15)19(22)20-13-16-5-6-17(23-2)18(12-16)24-3/h4-6,12,15H,1,7-11,13-14H2,2-3H3,(H,20,22). The summed E-state index contributed by atoms with van der Waals surface area (Å²) in [6, 6.07) is 5.61. The van der Waals surface area contributed by atoms with E-state index in [1.165, 1.54) is 0 Å². The van der Waals surface area contributed by atoms with E-state index in [-0.39, 0.29) is 6.03 Å². The summed E-state index contributed by atoms with van der Waals surface area (Å²) in [5, 5.41) is 2.97. The van der Waals surface area contributed by atoms with Gasteiger partial charge in [0, 0.05) is 26.2 Å². The monoisotopic (exact) mass is 348 g/mol. The second-order valence-corrected chi connectivity index (χ2v) is 6.10. The smallest absolute Gasteiger partial charge is 0.317 e. The average molecular weight is 348 g/mol. The summed E-state index contributed by atoms with van der Waals surface area (Å²) >= 11 is 0.